The first kappa shape index (κ1) is 24.3. The zero-order chi connectivity index (χ0) is 24.8. The van der Waals surface area contributed by atoms with Crippen molar-refractivity contribution < 1.29 is 24.2 Å². The highest BCUT2D eigenvalue weighted by atomic mass is 16.5. The van der Waals surface area contributed by atoms with Crippen molar-refractivity contribution in [2.24, 2.45) is 11.8 Å². The van der Waals surface area contributed by atoms with Gasteiger partial charge in [-0.15, -0.1) is 6.42 Å². The van der Waals surface area contributed by atoms with E-state index in [2.05, 4.69) is 35.5 Å². The van der Waals surface area contributed by atoms with Crippen LogP contribution in [-0.4, -0.2) is 54.2 Å². The number of nitrogens with one attached hydrogen (secondary N) is 1. The molecule has 0 radical (unpaired) electrons. The Morgan fingerprint density at radius 2 is 1.71 bits per heavy atom. The molecule has 4 rings (SSSR count). The minimum Gasteiger partial charge on any atom is -0.480 e. The molecule has 2 atom stereocenters. The number of aliphatic carboxylic acids is 1. The summed E-state index contributed by atoms with van der Waals surface area (Å²) in [6, 6.07) is 16.4. The summed E-state index contributed by atoms with van der Waals surface area (Å²) in [4.78, 5) is 37.6. The predicted octanol–water partition coefficient (Wildman–Crippen LogP) is 3.88. The van der Waals surface area contributed by atoms with E-state index in [9.17, 15) is 14.4 Å². The molecule has 7 nitrogen and oxygen atoms in total. The molecular weight excluding hydrogens is 444 g/mol. The van der Waals surface area contributed by atoms with Crippen LogP contribution in [0.3, 0.4) is 0 Å². The summed E-state index contributed by atoms with van der Waals surface area (Å²) in [7, 11) is 0. The monoisotopic (exact) mass is 474 g/mol. The summed E-state index contributed by atoms with van der Waals surface area (Å²) >= 11 is 0. The van der Waals surface area contributed by atoms with Crippen LogP contribution in [0.1, 0.15) is 42.7 Å². The number of carboxylic acids is 1. The zero-order valence-electron chi connectivity index (χ0n) is 19.6. The van der Waals surface area contributed by atoms with Gasteiger partial charge in [0.05, 0.1) is 6.54 Å². The number of hydrogen-bond acceptors (Lipinski definition) is 4. The number of fused-ring (bicyclic) bond motifs is 3. The van der Waals surface area contributed by atoms with Gasteiger partial charge < -0.3 is 20.1 Å². The van der Waals surface area contributed by atoms with Crippen molar-refractivity contribution in [3.63, 3.8) is 0 Å². The van der Waals surface area contributed by atoms with E-state index < -0.39 is 18.6 Å². The van der Waals surface area contributed by atoms with E-state index in [0.717, 1.165) is 24.0 Å². The number of rotatable bonds is 8. The predicted molar refractivity (Wildman–Crippen MR) is 132 cm³/mol. The third kappa shape index (κ3) is 5.65. The van der Waals surface area contributed by atoms with Crippen LogP contribution in [0.2, 0.25) is 0 Å². The Bertz CT molecular complexity index is 1090. The lowest BCUT2D eigenvalue weighted by Crippen LogP contribution is -2.42. The average molecular weight is 475 g/mol. The topological polar surface area (TPSA) is 95.9 Å². The number of alkyl carbamates (subject to hydrolysis) is 1. The number of carbonyl (C=O) groups is 3. The number of amides is 2. The van der Waals surface area contributed by atoms with Crippen LogP contribution in [0, 0.1) is 24.2 Å². The van der Waals surface area contributed by atoms with E-state index in [1.54, 1.807) is 0 Å². The Balaban J connectivity index is 1.29. The third-order valence-electron chi connectivity index (χ3n) is 6.93. The van der Waals surface area contributed by atoms with Crippen molar-refractivity contribution in [3.8, 4) is 23.5 Å². The van der Waals surface area contributed by atoms with Gasteiger partial charge in [0.25, 0.3) is 0 Å². The van der Waals surface area contributed by atoms with Gasteiger partial charge in [-0.25, -0.2) is 4.79 Å². The summed E-state index contributed by atoms with van der Waals surface area (Å²) < 4.78 is 5.61. The number of carbonyl (C=O) groups excluding carboxylic acids is 2. The van der Waals surface area contributed by atoms with Crippen molar-refractivity contribution >= 4 is 18.0 Å². The van der Waals surface area contributed by atoms with E-state index >= 15 is 0 Å². The van der Waals surface area contributed by atoms with Crippen LogP contribution >= 0.6 is 0 Å². The molecule has 0 spiro atoms. The summed E-state index contributed by atoms with van der Waals surface area (Å²) in [5.74, 6) is 0.887. The first-order valence-corrected chi connectivity index (χ1v) is 12.0. The molecule has 0 saturated heterocycles. The standard InChI is InChI=1S/C28H30N2O5/c1-2-14-30(17-26(31)32)27(33)20-9-7-8-19(15-20)16-29-28(34)35-18-25-23-12-5-3-10-21(23)22-11-4-6-13-24(22)25/h1,3-6,10-13,19-20,25H,7-9,14-18H2,(H,29,34)(H,31,32). The maximum absolute atomic E-state index is 12.8. The van der Waals surface area contributed by atoms with Gasteiger partial charge >= 0.3 is 12.1 Å². The third-order valence-corrected chi connectivity index (χ3v) is 6.93. The average Bonchev–Trinajstić information content (AvgIpc) is 3.19. The van der Waals surface area contributed by atoms with Crippen molar-refractivity contribution in [2.75, 3.05) is 26.2 Å². The highest BCUT2D eigenvalue weighted by molar-refractivity contribution is 5.83. The van der Waals surface area contributed by atoms with Gasteiger partial charge in [-0.1, -0.05) is 60.9 Å². The molecule has 2 amide bonds. The molecule has 2 unspecified atom stereocenters. The van der Waals surface area contributed by atoms with Crippen molar-refractivity contribution in [3.05, 3.63) is 59.7 Å². The second-order valence-electron chi connectivity index (χ2n) is 9.23. The second kappa shape index (κ2) is 11.1. The van der Waals surface area contributed by atoms with E-state index in [1.165, 1.54) is 16.0 Å². The van der Waals surface area contributed by atoms with Gasteiger partial charge in [0.2, 0.25) is 5.91 Å². The molecule has 0 heterocycles. The summed E-state index contributed by atoms with van der Waals surface area (Å²) in [5, 5.41) is 11.9. The Hall–Kier alpha value is -3.79. The van der Waals surface area contributed by atoms with E-state index in [4.69, 9.17) is 16.3 Å². The first-order chi connectivity index (χ1) is 17.0. The summed E-state index contributed by atoms with van der Waals surface area (Å²) in [6.07, 6.45) is 7.85. The minimum atomic E-state index is -1.09. The van der Waals surface area contributed by atoms with Crippen LogP contribution in [-0.2, 0) is 14.3 Å². The highest BCUT2D eigenvalue weighted by Crippen LogP contribution is 2.44. The van der Waals surface area contributed by atoms with E-state index in [1.807, 2.05) is 24.3 Å². The summed E-state index contributed by atoms with van der Waals surface area (Å²) in [5.41, 5.74) is 4.68. The van der Waals surface area contributed by atoms with Crippen molar-refractivity contribution in [1.29, 1.82) is 0 Å². The van der Waals surface area contributed by atoms with Crippen LogP contribution in [0.25, 0.3) is 11.1 Å². The van der Waals surface area contributed by atoms with Crippen LogP contribution in [0.5, 0.6) is 0 Å². The molecule has 2 aliphatic rings. The van der Waals surface area contributed by atoms with Gasteiger partial charge in [0, 0.05) is 18.4 Å². The molecule has 2 N–H and O–H groups in total. The maximum atomic E-state index is 12.8. The van der Waals surface area contributed by atoms with Gasteiger partial charge in [-0.3, -0.25) is 9.59 Å². The van der Waals surface area contributed by atoms with Crippen LogP contribution in [0.15, 0.2) is 48.5 Å². The molecule has 0 aliphatic heterocycles. The van der Waals surface area contributed by atoms with Crippen LogP contribution < -0.4 is 5.32 Å². The fraction of sp³-hybridized carbons (Fsp3) is 0.393. The van der Waals surface area contributed by atoms with E-state index in [-0.39, 0.29) is 36.8 Å². The Morgan fingerprint density at radius 3 is 2.34 bits per heavy atom. The molecule has 2 aromatic carbocycles. The summed E-state index contributed by atoms with van der Waals surface area (Å²) in [6.45, 7) is 0.239. The maximum Gasteiger partial charge on any atom is 0.407 e. The lowest BCUT2D eigenvalue weighted by Gasteiger charge is -2.31. The van der Waals surface area contributed by atoms with Crippen LogP contribution in [0.4, 0.5) is 4.79 Å². The number of ether oxygens (including phenoxy) is 1. The highest BCUT2D eigenvalue weighted by Gasteiger charge is 2.32. The number of nitrogens with zero attached hydrogens (tertiary/aromatic N) is 1. The Kier molecular flexibility index (Phi) is 7.71. The quantitative estimate of drug-likeness (QED) is 0.566. The van der Waals surface area contributed by atoms with Gasteiger partial charge in [0.1, 0.15) is 13.2 Å². The molecule has 1 saturated carbocycles. The molecular formula is C28H30N2O5. The zero-order valence-corrected chi connectivity index (χ0v) is 19.6. The fourth-order valence-electron chi connectivity index (χ4n) is 5.32. The van der Waals surface area contributed by atoms with Gasteiger partial charge in [-0.2, -0.15) is 0 Å². The smallest absolute Gasteiger partial charge is 0.407 e. The van der Waals surface area contributed by atoms with E-state index in [0.29, 0.717) is 19.4 Å². The number of carboxylic acid groups (broad SMARTS) is 1. The minimum absolute atomic E-state index is 0.00112. The molecule has 0 bridgehead atoms. The molecule has 1 fully saturated rings. The second-order valence-corrected chi connectivity index (χ2v) is 9.23. The Labute approximate surface area is 205 Å². The number of benzene rings is 2. The molecule has 0 aromatic heterocycles. The molecule has 182 valence electrons. The Morgan fingerprint density at radius 1 is 1.06 bits per heavy atom. The molecule has 35 heavy (non-hydrogen) atoms. The SMILES string of the molecule is C#CCN(CC(=O)O)C(=O)C1CCCC(CNC(=O)OCC2c3ccccc3-c3ccccc32)C1. The van der Waals surface area contributed by atoms with Gasteiger partial charge in [0.15, 0.2) is 0 Å². The molecule has 2 aromatic rings. The van der Waals surface area contributed by atoms with Crippen molar-refractivity contribution in [1.82, 2.24) is 10.2 Å². The normalized spacial score (nSPS) is 18.6. The fourth-order valence-corrected chi connectivity index (χ4v) is 5.32. The van der Waals surface area contributed by atoms with Gasteiger partial charge in [-0.05, 0) is 47.4 Å². The number of terminal acetylenes is 1. The first-order valence-electron chi connectivity index (χ1n) is 12.0. The van der Waals surface area contributed by atoms with Crippen molar-refractivity contribution in [2.45, 2.75) is 31.6 Å². The number of hydrogen-bond donors (Lipinski definition) is 2. The molecule has 2 aliphatic carbocycles. The largest absolute Gasteiger partial charge is 0.480 e. The lowest BCUT2D eigenvalue weighted by molar-refractivity contribution is -0.146. The lowest BCUT2D eigenvalue weighted by atomic mass is 9.80. The molecule has 7 heteroatoms.